The Bertz CT molecular complexity index is 1420. The molecule has 0 radical (unpaired) electrons. The Balaban J connectivity index is 2.05. The van der Waals surface area contributed by atoms with E-state index in [-0.39, 0.29) is 22.9 Å². The van der Waals surface area contributed by atoms with Crippen LogP contribution < -0.4 is 5.56 Å². The van der Waals surface area contributed by atoms with Gasteiger partial charge in [0.1, 0.15) is 5.65 Å². The molecule has 0 aliphatic carbocycles. The molecule has 0 N–H and O–H groups in total. The van der Waals surface area contributed by atoms with E-state index >= 15 is 0 Å². The Kier molecular flexibility index (Phi) is 5.13. The van der Waals surface area contributed by atoms with Crippen molar-refractivity contribution in [3.8, 4) is 11.1 Å². The predicted molar refractivity (Wildman–Crippen MR) is 115 cm³/mol. The van der Waals surface area contributed by atoms with Crippen LogP contribution in [0.4, 0.5) is 0 Å². The van der Waals surface area contributed by atoms with E-state index in [0.717, 1.165) is 11.8 Å². The second-order valence-electron chi connectivity index (χ2n) is 6.91. The summed E-state index contributed by atoms with van der Waals surface area (Å²) in [5.74, 6) is 0. The minimum atomic E-state index is -3.65. The van der Waals surface area contributed by atoms with Crippen molar-refractivity contribution in [2.24, 2.45) is 0 Å². The summed E-state index contributed by atoms with van der Waals surface area (Å²) in [6.45, 7) is 1.90. The summed E-state index contributed by atoms with van der Waals surface area (Å²) in [7, 11) is -3.65. The summed E-state index contributed by atoms with van der Waals surface area (Å²) in [5, 5.41) is 0.871. The first-order chi connectivity index (χ1) is 14.2. The fourth-order valence-electron chi connectivity index (χ4n) is 3.19. The molecule has 3 aromatic heterocycles. The van der Waals surface area contributed by atoms with Crippen LogP contribution in [0.1, 0.15) is 11.3 Å². The topological polar surface area (TPSA) is 94.8 Å². The lowest BCUT2D eigenvalue weighted by atomic mass is 10.1. The zero-order valence-electron chi connectivity index (χ0n) is 16.2. The van der Waals surface area contributed by atoms with Gasteiger partial charge in [0.15, 0.2) is 0 Å². The molecule has 0 aliphatic heterocycles. The number of aryl methyl sites for hydroxylation is 1. The smallest absolute Gasteiger partial charge is 0.260 e. The van der Waals surface area contributed by atoms with Crippen molar-refractivity contribution in [3.05, 3.63) is 81.5 Å². The highest BCUT2D eigenvalue weighted by Crippen LogP contribution is 2.23. The summed E-state index contributed by atoms with van der Waals surface area (Å²) in [5.41, 5.74) is 2.43. The molecule has 3 heterocycles. The molecule has 0 spiro atoms. The Morgan fingerprint density at radius 1 is 1.03 bits per heavy atom. The van der Waals surface area contributed by atoms with Crippen LogP contribution in [0.2, 0.25) is 5.02 Å². The SMILES string of the molecule is Cc1nc(S(C)(=O)=O)nc2c1cc(-c1ccncc1)c(=O)n2Cc1ccc(Cl)cc1. The Morgan fingerprint density at radius 3 is 2.33 bits per heavy atom. The van der Waals surface area contributed by atoms with E-state index in [1.807, 2.05) is 12.1 Å². The predicted octanol–water partition coefficient (Wildman–Crippen LogP) is 3.27. The lowest BCUT2D eigenvalue weighted by molar-refractivity contribution is 0.592. The summed E-state index contributed by atoms with van der Waals surface area (Å²) in [6.07, 6.45) is 4.26. The molecular formula is C21H17ClN4O3S. The number of sulfone groups is 1. The molecule has 0 atom stereocenters. The quantitative estimate of drug-likeness (QED) is 0.452. The molecule has 1 aromatic carbocycles. The van der Waals surface area contributed by atoms with Gasteiger partial charge in [0.05, 0.1) is 12.2 Å². The van der Waals surface area contributed by atoms with Crippen LogP contribution >= 0.6 is 11.6 Å². The van der Waals surface area contributed by atoms with Crippen molar-refractivity contribution < 1.29 is 8.42 Å². The van der Waals surface area contributed by atoms with Crippen molar-refractivity contribution >= 4 is 32.5 Å². The van der Waals surface area contributed by atoms with Gasteiger partial charge < -0.3 is 0 Å². The number of pyridine rings is 2. The van der Waals surface area contributed by atoms with Crippen LogP contribution in [0.15, 0.2) is 64.8 Å². The van der Waals surface area contributed by atoms with Gasteiger partial charge in [0.2, 0.25) is 15.0 Å². The van der Waals surface area contributed by atoms with Gasteiger partial charge in [-0.25, -0.2) is 13.4 Å². The molecule has 0 aliphatic rings. The summed E-state index contributed by atoms with van der Waals surface area (Å²) >= 11 is 5.98. The molecule has 0 unspecified atom stereocenters. The van der Waals surface area contributed by atoms with E-state index in [9.17, 15) is 13.2 Å². The highest BCUT2D eigenvalue weighted by atomic mass is 35.5. The van der Waals surface area contributed by atoms with Crippen LogP contribution in [0.3, 0.4) is 0 Å². The molecule has 7 nitrogen and oxygen atoms in total. The van der Waals surface area contributed by atoms with E-state index < -0.39 is 9.84 Å². The monoisotopic (exact) mass is 440 g/mol. The first kappa shape index (κ1) is 20.2. The van der Waals surface area contributed by atoms with Crippen LogP contribution in [-0.4, -0.2) is 34.2 Å². The van der Waals surface area contributed by atoms with Crippen molar-refractivity contribution in [1.82, 2.24) is 19.5 Å². The molecule has 4 aromatic rings. The van der Waals surface area contributed by atoms with Gasteiger partial charge in [-0.05, 0) is 48.4 Å². The maximum absolute atomic E-state index is 13.4. The molecule has 30 heavy (non-hydrogen) atoms. The Hall–Kier alpha value is -3.10. The van der Waals surface area contributed by atoms with E-state index in [0.29, 0.717) is 27.2 Å². The summed E-state index contributed by atoms with van der Waals surface area (Å²) < 4.78 is 25.6. The molecule has 152 valence electrons. The molecule has 4 rings (SSSR count). The molecule has 9 heteroatoms. The fourth-order valence-corrected chi connectivity index (χ4v) is 3.87. The largest absolute Gasteiger partial charge is 0.288 e. The van der Waals surface area contributed by atoms with Crippen molar-refractivity contribution in [2.45, 2.75) is 18.6 Å². The first-order valence-corrected chi connectivity index (χ1v) is 11.3. The minimum Gasteiger partial charge on any atom is -0.288 e. The van der Waals surface area contributed by atoms with Gasteiger partial charge in [0.25, 0.3) is 5.56 Å². The van der Waals surface area contributed by atoms with Gasteiger partial charge in [0, 0.05) is 34.6 Å². The van der Waals surface area contributed by atoms with Gasteiger partial charge in [-0.1, -0.05) is 23.7 Å². The van der Waals surface area contributed by atoms with Crippen LogP contribution in [0.5, 0.6) is 0 Å². The zero-order valence-corrected chi connectivity index (χ0v) is 17.8. The number of benzene rings is 1. The van der Waals surface area contributed by atoms with E-state index in [1.54, 1.807) is 49.6 Å². The van der Waals surface area contributed by atoms with Crippen molar-refractivity contribution in [1.29, 1.82) is 0 Å². The fraction of sp³-hybridized carbons (Fsp3) is 0.143. The first-order valence-electron chi connectivity index (χ1n) is 9.01. The Labute approximate surface area is 178 Å². The molecular weight excluding hydrogens is 424 g/mol. The number of hydrogen-bond donors (Lipinski definition) is 0. The summed E-state index contributed by atoms with van der Waals surface area (Å²) in [6, 6.07) is 12.3. The lowest BCUT2D eigenvalue weighted by Crippen LogP contribution is -2.24. The average Bonchev–Trinajstić information content (AvgIpc) is 2.71. The molecule has 0 fully saturated rings. The van der Waals surface area contributed by atoms with Gasteiger partial charge >= 0.3 is 0 Å². The summed E-state index contributed by atoms with van der Waals surface area (Å²) in [4.78, 5) is 25.8. The number of aromatic nitrogens is 4. The normalized spacial score (nSPS) is 11.7. The maximum atomic E-state index is 13.4. The molecule has 0 bridgehead atoms. The Morgan fingerprint density at radius 2 is 1.70 bits per heavy atom. The van der Waals surface area contributed by atoms with Crippen LogP contribution in [0, 0.1) is 6.92 Å². The second-order valence-corrected chi connectivity index (χ2v) is 9.26. The van der Waals surface area contributed by atoms with E-state index in [1.165, 1.54) is 4.57 Å². The van der Waals surface area contributed by atoms with Crippen LogP contribution in [0.25, 0.3) is 22.2 Å². The van der Waals surface area contributed by atoms with Crippen molar-refractivity contribution in [2.75, 3.05) is 6.26 Å². The lowest BCUT2D eigenvalue weighted by Gasteiger charge is -2.14. The third-order valence-corrected chi connectivity index (χ3v) is 5.79. The van der Waals surface area contributed by atoms with Gasteiger partial charge in [-0.3, -0.25) is 14.3 Å². The van der Waals surface area contributed by atoms with Gasteiger partial charge in [-0.15, -0.1) is 0 Å². The molecule has 0 saturated heterocycles. The second kappa shape index (κ2) is 7.62. The minimum absolute atomic E-state index is 0.199. The van der Waals surface area contributed by atoms with E-state index in [4.69, 9.17) is 11.6 Å². The number of fused-ring (bicyclic) bond motifs is 1. The standard InChI is InChI=1S/C21H17ClN4O3S/c1-13-17-11-18(15-7-9-23-10-8-15)20(27)26(12-14-3-5-16(22)6-4-14)19(17)25-21(24-13)30(2,28)29/h3-11H,12H2,1-2H3. The third kappa shape index (κ3) is 3.83. The average molecular weight is 441 g/mol. The van der Waals surface area contributed by atoms with Crippen LogP contribution in [-0.2, 0) is 16.4 Å². The third-order valence-electron chi connectivity index (χ3n) is 4.69. The highest BCUT2D eigenvalue weighted by molar-refractivity contribution is 7.90. The number of hydrogen-bond acceptors (Lipinski definition) is 6. The van der Waals surface area contributed by atoms with Gasteiger partial charge in [-0.2, -0.15) is 4.98 Å². The number of rotatable bonds is 4. The highest BCUT2D eigenvalue weighted by Gasteiger charge is 2.19. The molecule has 0 amide bonds. The maximum Gasteiger partial charge on any atom is 0.260 e. The number of nitrogens with zero attached hydrogens (tertiary/aromatic N) is 4. The molecule has 0 saturated carbocycles. The van der Waals surface area contributed by atoms with Crippen molar-refractivity contribution in [3.63, 3.8) is 0 Å². The van der Waals surface area contributed by atoms with E-state index in [2.05, 4.69) is 15.0 Å². The zero-order chi connectivity index (χ0) is 21.5. The number of halogens is 1.